The molecule has 0 N–H and O–H groups in total. The van der Waals surface area contributed by atoms with Crippen molar-refractivity contribution in [1.29, 1.82) is 0 Å². The molecule has 0 unspecified atom stereocenters. The normalized spacial score (nSPS) is 21.6. The van der Waals surface area contributed by atoms with E-state index in [0.29, 0.717) is 5.56 Å². The number of epoxide rings is 1. The highest BCUT2D eigenvalue weighted by Gasteiger charge is 2.44. The van der Waals surface area contributed by atoms with Gasteiger partial charge in [0.15, 0.2) is 0 Å². The van der Waals surface area contributed by atoms with E-state index in [9.17, 15) is 10.1 Å². The van der Waals surface area contributed by atoms with E-state index in [4.69, 9.17) is 4.74 Å². The van der Waals surface area contributed by atoms with Gasteiger partial charge in [-0.25, -0.2) is 0 Å². The third kappa shape index (κ3) is 1.87. The second-order valence-corrected chi connectivity index (χ2v) is 4.20. The van der Waals surface area contributed by atoms with Crippen LogP contribution in [0.3, 0.4) is 0 Å². The van der Waals surface area contributed by atoms with Crippen LogP contribution in [0.15, 0.2) is 54.6 Å². The Morgan fingerprint density at radius 2 is 1.61 bits per heavy atom. The number of rotatable bonds is 3. The Kier molecular flexibility index (Phi) is 2.57. The van der Waals surface area contributed by atoms with Crippen LogP contribution < -0.4 is 0 Å². The average Bonchev–Trinajstić information content (AvgIpc) is 3.20. The van der Waals surface area contributed by atoms with Gasteiger partial charge in [-0.15, -0.1) is 0 Å². The Bertz CT molecular complexity index is 583. The molecule has 0 aromatic heterocycles. The maximum atomic E-state index is 10.9. The standard InChI is InChI=1S/C14H11NO3/c16-15(17)12-9-5-4-8-11(12)14-13(18-14)10-6-2-1-3-7-10/h1-9,13-14H/t13-,14+/m0/s1. The van der Waals surface area contributed by atoms with Gasteiger partial charge in [0.05, 0.1) is 10.5 Å². The predicted octanol–water partition coefficient (Wildman–Crippen LogP) is 3.41. The maximum Gasteiger partial charge on any atom is 0.275 e. The minimum Gasteiger partial charge on any atom is -0.359 e. The van der Waals surface area contributed by atoms with Crippen LogP contribution in [0.25, 0.3) is 0 Å². The molecule has 1 fully saturated rings. The largest absolute Gasteiger partial charge is 0.359 e. The van der Waals surface area contributed by atoms with Crippen molar-refractivity contribution in [3.05, 3.63) is 75.8 Å². The highest BCUT2D eigenvalue weighted by atomic mass is 16.6. The summed E-state index contributed by atoms with van der Waals surface area (Å²) >= 11 is 0. The summed E-state index contributed by atoms with van der Waals surface area (Å²) < 4.78 is 5.58. The number of hydrogen-bond donors (Lipinski definition) is 0. The molecule has 2 aromatic rings. The fraction of sp³-hybridized carbons (Fsp3) is 0.143. The third-order valence-corrected chi connectivity index (χ3v) is 3.06. The third-order valence-electron chi connectivity index (χ3n) is 3.06. The number of nitro benzene ring substituents is 1. The van der Waals surface area contributed by atoms with Gasteiger partial charge in [0.1, 0.15) is 12.2 Å². The van der Waals surface area contributed by atoms with E-state index in [1.54, 1.807) is 18.2 Å². The van der Waals surface area contributed by atoms with Crippen molar-refractivity contribution in [2.24, 2.45) is 0 Å². The Labute approximate surface area is 104 Å². The van der Waals surface area contributed by atoms with Crippen molar-refractivity contribution in [2.75, 3.05) is 0 Å². The van der Waals surface area contributed by atoms with Crippen molar-refractivity contribution >= 4 is 5.69 Å². The van der Waals surface area contributed by atoms with E-state index in [-0.39, 0.29) is 22.8 Å². The molecule has 1 aliphatic heterocycles. The average molecular weight is 241 g/mol. The second-order valence-electron chi connectivity index (χ2n) is 4.20. The molecule has 2 atom stereocenters. The molecular weight excluding hydrogens is 230 g/mol. The Hall–Kier alpha value is -2.20. The smallest absolute Gasteiger partial charge is 0.275 e. The topological polar surface area (TPSA) is 55.7 Å². The van der Waals surface area contributed by atoms with E-state index in [1.807, 2.05) is 30.3 Å². The zero-order valence-electron chi connectivity index (χ0n) is 9.52. The van der Waals surface area contributed by atoms with Crippen molar-refractivity contribution < 1.29 is 9.66 Å². The van der Waals surface area contributed by atoms with Crippen LogP contribution in [0, 0.1) is 10.1 Å². The van der Waals surface area contributed by atoms with E-state index in [0.717, 1.165) is 5.56 Å². The minimum atomic E-state index is -0.362. The molecule has 90 valence electrons. The highest BCUT2D eigenvalue weighted by molar-refractivity contribution is 5.44. The SMILES string of the molecule is O=[N+]([O-])c1ccccc1[C@H]1O[C@H]1c1ccccc1. The monoisotopic (exact) mass is 241 g/mol. The van der Waals surface area contributed by atoms with Crippen molar-refractivity contribution in [3.8, 4) is 0 Å². The van der Waals surface area contributed by atoms with E-state index < -0.39 is 0 Å². The van der Waals surface area contributed by atoms with Crippen LogP contribution in [0.4, 0.5) is 5.69 Å². The van der Waals surface area contributed by atoms with Gasteiger partial charge in [0.25, 0.3) is 5.69 Å². The van der Waals surface area contributed by atoms with Crippen LogP contribution in [-0.4, -0.2) is 4.92 Å². The number of benzene rings is 2. The number of ether oxygens (including phenoxy) is 1. The summed E-state index contributed by atoms with van der Waals surface area (Å²) in [4.78, 5) is 10.6. The minimum absolute atomic E-state index is 0.0627. The first-order valence-electron chi connectivity index (χ1n) is 5.71. The summed E-state index contributed by atoms with van der Waals surface area (Å²) in [6, 6.07) is 16.5. The van der Waals surface area contributed by atoms with Gasteiger partial charge in [-0.1, -0.05) is 42.5 Å². The van der Waals surface area contributed by atoms with Crippen LogP contribution >= 0.6 is 0 Å². The van der Waals surface area contributed by atoms with Gasteiger partial charge in [0.2, 0.25) is 0 Å². The summed E-state index contributed by atoms with van der Waals surface area (Å²) in [6.45, 7) is 0. The van der Waals surface area contributed by atoms with Crippen molar-refractivity contribution in [3.63, 3.8) is 0 Å². The molecule has 0 saturated carbocycles. The number of hydrogen-bond acceptors (Lipinski definition) is 3. The van der Waals surface area contributed by atoms with Gasteiger partial charge >= 0.3 is 0 Å². The summed E-state index contributed by atoms with van der Waals surface area (Å²) in [5.74, 6) is 0. The summed E-state index contributed by atoms with van der Waals surface area (Å²) in [5.41, 5.74) is 1.83. The molecule has 0 aliphatic carbocycles. The molecule has 0 amide bonds. The van der Waals surface area contributed by atoms with Gasteiger partial charge in [-0.3, -0.25) is 10.1 Å². The lowest BCUT2D eigenvalue weighted by Gasteiger charge is -1.98. The van der Waals surface area contributed by atoms with Crippen LogP contribution in [0.2, 0.25) is 0 Å². The van der Waals surface area contributed by atoms with Crippen LogP contribution in [0.5, 0.6) is 0 Å². The fourth-order valence-corrected chi connectivity index (χ4v) is 2.14. The number of nitrogens with zero attached hydrogens (tertiary/aromatic N) is 1. The summed E-state index contributed by atoms with van der Waals surface area (Å²) in [5, 5.41) is 10.9. The highest BCUT2D eigenvalue weighted by Crippen LogP contribution is 2.52. The van der Waals surface area contributed by atoms with Crippen molar-refractivity contribution in [2.45, 2.75) is 12.2 Å². The molecule has 1 aliphatic rings. The quantitative estimate of drug-likeness (QED) is 0.470. The lowest BCUT2D eigenvalue weighted by atomic mass is 10.0. The molecule has 0 spiro atoms. The second kappa shape index (κ2) is 4.23. The molecule has 1 heterocycles. The Morgan fingerprint density at radius 3 is 2.33 bits per heavy atom. The number of nitro groups is 1. The van der Waals surface area contributed by atoms with Crippen LogP contribution in [-0.2, 0) is 4.74 Å². The molecule has 1 saturated heterocycles. The molecule has 3 rings (SSSR count). The first-order valence-corrected chi connectivity index (χ1v) is 5.71. The molecule has 18 heavy (non-hydrogen) atoms. The lowest BCUT2D eigenvalue weighted by Crippen LogP contribution is -1.94. The summed E-state index contributed by atoms with van der Waals surface area (Å²) in [7, 11) is 0. The zero-order valence-corrected chi connectivity index (χ0v) is 9.52. The molecule has 4 heteroatoms. The Balaban J connectivity index is 1.89. The van der Waals surface area contributed by atoms with Gasteiger partial charge in [0, 0.05) is 6.07 Å². The van der Waals surface area contributed by atoms with Crippen LogP contribution in [0.1, 0.15) is 23.3 Å². The van der Waals surface area contributed by atoms with E-state index in [1.165, 1.54) is 6.07 Å². The Morgan fingerprint density at radius 1 is 0.944 bits per heavy atom. The van der Waals surface area contributed by atoms with Crippen molar-refractivity contribution in [1.82, 2.24) is 0 Å². The zero-order chi connectivity index (χ0) is 12.5. The molecule has 0 bridgehead atoms. The molecular formula is C14H11NO3. The number of para-hydroxylation sites is 1. The van der Waals surface area contributed by atoms with E-state index in [2.05, 4.69) is 0 Å². The van der Waals surface area contributed by atoms with E-state index >= 15 is 0 Å². The summed E-state index contributed by atoms with van der Waals surface area (Å²) in [6.07, 6.45) is -0.263. The van der Waals surface area contributed by atoms with Gasteiger partial charge in [-0.2, -0.15) is 0 Å². The molecule has 2 aromatic carbocycles. The first kappa shape index (κ1) is 10.9. The fourth-order valence-electron chi connectivity index (χ4n) is 2.14. The molecule has 4 nitrogen and oxygen atoms in total. The first-order chi connectivity index (χ1) is 8.77. The van der Waals surface area contributed by atoms with Gasteiger partial charge < -0.3 is 4.74 Å². The molecule has 0 radical (unpaired) electrons. The lowest BCUT2D eigenvalue weighted by molar-refractivity contribution is -0.385. The maximum absolute atomic E-state index is 10.9. The van der Waals surface area contributed by atoms with Gasteiger partial charge in [-0.05, 0) is 11.6 Å². The predicted molar refractivity (Wildman–Crippen MR) is 66.1 cm³/mol.